The second kappa shape index (κ2) is 6.60. The Kier molecular flexibility index (Phi) is 3.93. The van der Waals surface area contributed by atoms with Crippen molar-refractivity contribution in [3.8, 4) is 11.5 Å². The van der Waals surface area contributed by atoms with Crippen molar-refractivity contribution in [1.29, 1.82) is 0 Å². The van der Waals surface area contributed by atoms with Crippen LogP contribution in [-0.2, 0) is 0 Å². The van der Waals surface area contributed by atoms with Gasteiger partial charge in [0.05, 0.1) is 30.2 Å². The van der Waals surface area contributed by atoms with Crippen LogP contribution in [0.5, 0.6) is 11.5 Å². The summed E-state index contributed by atoms with van der Waals surface area (Å²) in [6.45, 7) is 0. The van der Waals surface area contributed by atoms with E-state index in [-0.39, 0.29) is 12.1 Å². The lowest BCUT2D eigenvalue weighted by molar-refractivity contribution is 0.413. The highest BCUT2D eigenvalue weighted by Gasteiger charge is 2.31. The van der Waals surface area contributed by atoms with E-state index >= 15 is 0 Å². The van der Waals surface area contributed by atoms with Gasteiger partial charge in [-0.3, -0.25) is 0 Å². The zero-order chi connectivity index (χ0) is 19.1. The number of phenols is 1. The van der Waals surface area contributed by atoms with Crippen LogP contribution in [-0.4, -0.2) is 21.8 Å². The third-order valence-corrected chi connectivity index (χ3v) is 5.48. The summed E-state index contributed by atoms with van der Waals surface area (Å²) in [5.41, 5.74) is 4.13. The smallest absolute Gasteiger partial charge is 0.204 e. The minimum absolute atomic E-state index is 0.0300. The molecule has 2 heterocycles. The fraction of sp³-hybridized carbons (Fsp3) is 0.174. The molecular formula is C23H21N3O2. The van der Waals surface area contributed by atoms with Crippen LogP contribution in [0.4, 0.5) is 5.95 Å². The van der Waals surface area contributed by atoms with Crippen LogP contribution >= 0.6 is 0 Å². The number of fused-ring (bicyclic) bond motifs is 3. The first-order valence-corrected chi connectivity index (χ1v) is 9.40. The molecule has 5 rings (SSSR count). The normalized spacial score (nSPS) is 18.5. The Hall–Kier alpha value is -3.47. The number of para-hydroxylation sites is 3. The fourth-order valence-corrected chi connectivity index (χ4v) is 4.10. The quantitative estimate of drug-likeness (QED) is 0.538. The van der Waals surface area contributed by atoms with Crippen LogP contribution in [0.15, 0.2) is 72.8 Å². The van der Waals surface area contributed by atoms with Crippen molar-refractivity contribution in [2.75, 3.05) is 12.4 Å². The summed E-state index contributed by atoms with van der Waals surface area (Å²) < 4.78 is 7.58. The van der Waals surface area contributed by atoms with Crippen molar-refractivity contribution in [2.24, 2.45) is 0 Å². The molecule has 0 bridgehead atoms. The first kappa shape index (κ1) is 16.7. The summed E-state index contributed by atoms with van der Waals surface area (Å²) in [4.78, 5) is 4.81. The van der Waals surface area contributed by atoms with Crippen molar-refractivity contribution < 1.29 is 9.84 Å². The maximum Gasteiger partial charge on any atom is 0.204 e. The number of ether oxygens (including phenoxy) is 1. The van der Waals surface area contributed by atoms with E-state index in [1.54, 1.807) is 13.2 Å². The molecule has 28 heavy (non-hydrogen) atoms. The van der Waals surface area contributed by atoms with Crippen molar-refractivity contribution in [3.63, 3.8) is 0 Å². The number of nitrogens with one attached hydrogen (secondary N) is 1. The SMILES string of the molecule is COc1ccc([C@H]2C[C@@H](c3ccccc3O)Nc3nc4ccccc4n32)cc1. The van der Waals surface area contributed by atoms with Gasteiger partial charge in [-0.15, -0.1) is 0 Å². The van der Waals surface area contributed by atoms with E-state index < -0.39 is 0 Å². The standard InChI is InChI=1S/C23H21N3O2/c1-28-16-12-10-15(11-13-16)21-14-19(17-6-2-5-9-22(17)27)25-23-24-18-7-3-4-8-20(18)26(21)23/h2-13,19,21,27H,14H2,1H3,(H,24,25)/t19-,21+/m0/s1. The maximum atomic E-state index is 10.4. The van der Waals surface area contributed by atoms with Gasteiger partial charge < -0.3 is 19.7 Å². The molecule has 0 radical (unpaired) electrons. The van der Waals surface area contributed by atoms with Crippen LogP contribution in [0.25, 0.3) is 11.0 Å². The van der Waals surface area contributed by atoms with E-state index in [1.807, 2.05) is 48.5 Å². The molecule has 5 nitrogen and oxygen atoms in total. The minimum atomic E-state index is -0.0300. The molecule has 0 amide bonds. The molecule has 1 aliphatic rings. The van der Waals surface area contributed by atoms with Crippen LogP contribution in [0.1, 0.15) is 29.6 Å². The Balaban J connectivity index is 1.66. The zero-order valence-corrected chi connectivity index (χ0v) is 15.5. The Morgan fingerprint density at radius 3 is 2.54 bits per heavy atom. The largest absolute Gasteiger partial charge is 0.508 e. The summed E-state index contributed by atoms with van der Waals surface area (Å²) in [5, 5.41) is 13.9. The van der Waals surface area contributed by atoms with Gasteiger partial charge in [0.25, 0.3) is 0 Å². The molecule has 3 aromatic carbocycles. The van der Waals surface area contributed by atoms with E-state index in [2.05, 4.69) is 28.1 Å². The van der Waals surface area contributed by atoms with Crippen molar-refractivity contribution >= 4 is 17.0 Å². The zero-order valence-electron chi connectivity index (χ0n) is 15.5. The van der Waals surface area contributed by atoms with Gasteiger partial charge in [0.1, 0.15) is 11.5 Å². The Morgan fingerprint density at radius 1 is 1.00 bits per heavy atom. The van der Waals surface area contributed by atoms with Gasteiger partial charge >= 0.3 is 0 Å². The Labute approximate surface area is 163 Å². The lowest BCUT2D eigenvalue weighted by Gasteiger charge is -2.33. The number of benzene rings is 3. The number of anilines is 1. The molecule has 1 aromatic heterocycles. The second-order valence-electron chi connectivity index (χ2n) is 7.07. The number of imidazole rings is 1. The molecule has 4 aromatic rings. The number of aromatic nitrogens is 2. The summed E-state index contributed by atoms with van der Waals surface area (Å²) in [6, 6.07) is 23.9. The van der Waals surface area contributed by atoms with E-state index in [0.29, 0.717) is 5.75 Å². The molecule has 0 spiro atoms. The number of nitrogens with zero attached hydrogens (tertiary/aromatic N) is 2. The Bertz CT molecular complexity index is 1130. The van der Waals surface area contributed by atoms with Crippen LogP contribution in [0.3, 0.4) is 0 Å². The molecule has 2 atom stereocenters. The highest BCUT2D eigenvalue weighted by molar-refractivity contribution is 5.79. The predicted octanol–water partition coefficient (Wildman–Crippen LogP) is 4.90. The topological polar surface area (TPSA) is 59.3 Å². The average molecular weight is 371 g/mol. The molecular weight excluding hydrogens is 350 g/mol. The highest BCUT2D eigenvalue weighted by atomic mass is 16.5. The minimum Gasteiger partial charge on any atom is -0.508 e. The third kappa shape index (κ3) is 2.67. The van der Waals surface area contributed by atoms with Crippen LogP contribution < -0.4 is 10.1 Å². The second-order valence-corrected chi connectivity index (χ2v) is 7.07. The molecule has 0 fully saturated rings. The molecule has 5 heteroatoms. The number of rotatable bonds is 3. The van der Waals surface area contributed by atoms with E-state index in [9.17, 15) is 5.11 Å². The first-order chi connectivity index (χ1) is 13.7. The van der Waals surface area contributed by atoms with E-state index in [0.717, 1.165) is 34.7 Å². The highest BCUT2D eigenvalue weighted by Crippen LogP contribution is 2.42. The molecule has 1 aliphatic heterocycles. The predicted molar refractivity (Wildman–Crippen MR) is 110 cm³/mol. The van der Waals surface area contributed by atoms with Crippen LogP contribution in [0, 0.1) is 0 Å². The number of phenolic OH excluding ortho intramolecular Hbond substituents is 1. The maximum absolute atomic E-state index is 10.4. The molecule has 2 N–H and O–H groups in total. The van der Waals surface area contributed by atoms with Gasteiger partial charge in [-0.1, -0.05) is 42.5 Å². The molecule has 0 aliphatic carbocycles. The monoisotopic (exact) mass is 371 g/mol. The lowest BCUT2D eigenvalue weighted by atomic mass is 9.92. The number of hydrogen-bond acceptors (Lipinski definition) is 4. The van der Waals surface area contributed by atoms with Gasteiger partial charge in [-0.05, 0) is 42.3 Å². The van der Waals surface area contributed by atoms with Crippen molar-refractivity contribution in [3.05, 3.63) is 83.9 Å². The van der Waals surface area contributed by atoms with Crippen LogP contribution in [0.2, 0.25) is 0 Å². The molecule has 140 valence electrons. The summed E-state index contributed by atoms with van der Waals surface area (Å²) >= 11 is 0. The average Bonchev–Trinajstić information content (AvgIpc) is 3.12. The lowest BCUT2D eigenvalue weighted by Crippen LogP contribution is -2.27. The Morgan fingerprint density at radius 2 is 1.75 bits per heavy atom. The molecule has 0 unspecified atom stereocenters. The van der Waals surface area contributed by atoms with E-state index in [4.69, 9.17) is 9.72 Å². The van der Waals surface area contributed by atoms with Gasteiger partial charge in [-0.25, -0.2) is 4.98 Å². The third-order valence-electron chi connectivity index (χ3n) is 5.48. The van der Waals surface area contributed by atoms with Gasteiger partial charge in [0.15, 0.2) is 0 Å². The van der Waals surface area contributed by atoms with Crippen molar-refractivity contribution in [1.82, 2.24) is 9.55 Å². The van der Waals surface area contributed by atoms with Gasteiger partial charge in [-0.2, -0.15) is 0 Å². The van der Waals surface area contributed by atoms with E-state index in [1.165, 1.54) is 5.56 Å². The van der Waals surface area contributed by atoms with Gasteiger partial charge in [0.2, 0.25) is 5.95 Å². The number of hydrogen-bond donors (Lipinski definition) is 2. The van der Waals surface area contributed by atoms with Gasteiger partial charge in [0, 0.05) is 5.56 Å². The van der Waals surface area contributed by atoms with Crippen molar-refractivity contribution in [2.45, 2.75) is 18.5 Å². The molecule has 0 saturated heterocycles. The first-order valence-electron chi connectivity index (χ1n) is 9.40. The summed E-state index contributed by atoms with van der Waals surface area (Å²) in [7, 11) is 1.68. The fourth-order valence-electron chi connectivity index (χ4n) is 4.10. The summed E-state index contributed by atoms with van der Waals surface area (Å²) in [5.74, 6) is 1.96. The molecule has 0 saturated carbocycles. The summed E-state index contributed by atoms with van der Waals surface area (Å²) in [6.07, 6.45) is 0.803. The number of aromatic hydroxyl groups is 1. The number of methoxy groups -OCH3 is 1.